The van der Waals surface area contributed by atoms with E-state index in [9.17, 15) is 15.0 Å². The first-order valence-electron chi connectivity index (χ1n) is 32.6. The van der Waals surface area contributed by atoms with Gasteiger partial charge in [-0.15, -0.1) is 0 Å². The van der Waals surface area contributed by atoms with Gasteiger partial charge >= 0.3 is 0 Å². The largest absolute Gasteiger partial charge is 0.394 e. The highest BCUT2D eigenvalue weighted by atomic mass is 16.3. The summed E-state index contributed by atoms with van der Waals surface area (Å²) in [5.41, 5.74) is 0. The molecule has 0 aromatic carbocycles. The van der Waals surface area contributed by atoms with Crippen molar-refractivity contribution in [1.29, 1.82) is 0 Å². The van der Waals surface area contributed by atoms with Gasteiger partial charge < -0.3 is 15.5 Å². The summed E-state index contributed by atoms with van der Waals surface area (Å²) in [6, 6.07) is -0.621. The zero-order chi connectivity index (χ0) is 50.6. The minimum Gasteiger partial charge on any atom is -0.394 e. The number of unbranched alkanes of at least 4 members (excludes halogenated alkanes) is 52. The maximum absolute atomic E-state index is 12.5. The van der Waals surface area contributed by atoms with E-state index < -0.39 is 12.1 Å². The van der Waals surface area contributed by atoms with Gasteiger partial charge in [0, 0.05) is 6.42 Å². The Balaban J connectivity index is 3.43. The number of aliphatic hydroxyl groups is 2. The molecule has 4 nitrogen and oxygen atoms in total. The van der Waals surface area contributed by atoms with E-state index in [0.29, 0.717) is 6.42 Å². The third-order valence-corrected chi connectivity index (χ3v) is 15.4. The number of aliphatic hydroxyl groups excluding tert-OH is 2. The van der Waals surface area contributed by atoms with E-state index in [4.69, 9.17) is 0 Å². The average Bonchev–Trinajstić information content (AvgIpc) is 3.36. The van der Waals surface area contributed by atoms with Crippen LogP contribution < -0.4 is 5.32 Å². The van der Waals surface area contributed by atoms with Crippen LogP contribution in [-0.2, 0) is 4.79 Å². The molecule has 0 saturated carbocycles. The van der Waals surface area contributed by atoms with Gasteiger partial charge in [-0.05, 0) is 44.9 Å². The lowest BCUT2D eigenvalue weighted by Gasteiger charge is -2.20. The molecular formula is C66H129NO3. The zero-order valence-electron chi connectivity index (χ0n) is 48.1. The third-order valence-electron chi connectivity index (χ3n) is 15.4. The maximum Gasteiger partial charge on any atom is 0.220 e. The van der Waals surface area contributed by atoms with Crippen LogP contribution in [0.4, 0.5) is 0 Å². The molecule has 3 N–H and O–H groups in total. The summed E-state index contributed by atoms with van der Waals surface area (Å²) in [4.78, 5) is 12.5. The molecule has 0 aliphatic heterocycles. The van der Waals surface area contributed by atoms with Crippen LogP contribution in [0.15, 0.2) is 24.3 Å². The summed E-state index contributed by atoms with van der Waals surface area (Å²) < 4.78 is 0. The first kappa shape index (κ1) is 68.9. The first-order valence-corrected chi connectivity index (χ1v) is 32.6. The van der Waals surface area contributed by atoms with Crippen molar-refractivity contribution >= 4 is 5.91 Å². The number of rotatable bonds is 61. The number of hydrogen-bond acceptors (Lipinski definition) is 3. The van der Waals surface area contributed by atoms with Crippen molar-refractivity contribution in [2.75, 3.05) is 6.61 Å². The number of amides is 1. The average molecular weight is 985 g/mol. The van der Waals surface area contributed by atoms with E-state index in [-0.39, 0.29) is 12.5 Å². The predicted molar refractivity (Wildman–Crippen MR) is 313 cm³/mol. The van der Waals surface area contributed by atoms with Gasteiger partial charge in [-0.25, -0.2) is 0 Å². The van der Waals surface area contributed by atoms with Gasteiger partial charge in [0.15, 0.2) is 0 Å². The number of allylic oxidation sites excluding steroid dienone is 3. The summed E-state index contributed by atoms with van der Waals surface area (Å²) in [5.74, 6) is -0.0564. The second-order valence-corrected chi connectivity index (χ2v) is 22.5. The van der Waals surface area contributed by atoms with Crippen molar-refractivity contribution in [1.82, 2.24) is 5.32 Å². The quantitative estimate of drug-likeness (QED) is 0.0420. The van der Waals surface area contributed by atoms with Crippen molar-refractivity contribution in [3.63, 3.8) is 0 Å². The van der Waals surface area contributed by atoms with Crippen LogP contribution in [0.2, 0.25) is 0 Å². The SMILES string of the molecule is CCCCCCCCCC/C=C\CCCCCCCCCCCCCCCCCC(=O)NC(CO)C(O)/C=C/CCCCCCCCCCCCCCCCCCCCCCCCCCCCCCC. The fourth-order valence-electron chi connectivity index (χ4n) is 10.5. The number of carbonyl (C=O) groups is 1. The number of nitrogens with one attached hydrogen (secondary N) is 1. The fourth-order valence-corrected chi connectivity index (χ4v) is 10.5. The predicted octanol–water partition coefficient (Wildman–Crippen LogP) is 21.8. The minimum absolute atomic E-state index is 0.0564. The lowest BCUT2D eigenvalue weighted by atomic mass is 10.0. The Morgan fingerprint density at radius 1 is 0.329 bits per heavy atom. The van der Waals surface area contributed by atoms with Crippen LogP contribution in [0.1, 0.15) is 373 Å². The van der Waals surface area contributed by atoms with E-state index in [1.807, 2.05) is 6.08 Å². The van der Waals surface area contributed by atoms with Gasteiger partial charge in [-0.3, -0.25) is 4.79 Å². The molecule has 0 aliphatic rings. The Kier molecular flexibility index (Phi) is 61.2. The Labute approximate surface area is 440 Å². The van der Waals surface area contributed by atoms with E-state index in [0.717, 1.165) is 25.7 Å². The van der Waals surface area contributed by atoms with Crippen LogP contribution in [0, 0.1) is 0 Å². The highest BCUT2D eigenvalue weighted by molar-refractivity contribution is 5.76. The molecule has 0 spiro atoms. The molecule has 0 aliphatic carbocycles. The Morgan fingerprint density at radius 3 is 0.786 bits per heavy atom. The second kappa shape index (κ2) is 62.2. The Hall–Kier alpha value is -1.13. The van der Waals surface area contributed by atoms with Gasteiger partial charge in [0.1, 0.15) is 0 Å². The molecule has 0 aromatic heterocycles. The normalized spacial score (nSPS) is 12.8. The minimum atomic E-state index is -0.839. The van der Waals surface area contributed by atoms with Gasteiger partial charge in [-0.1, -0.05) is 346 Å². The van der Waals surface area contributed by atoms with Crippen molar-refractivity contribution in [3.05, 3.63) is 24.3 Å². The van der Waals surface area contributed by atoms with Crippen molar-refractivity contribution < 1.29 is 15.0 Å². The summed E-state index contributed by atoms with van der Waals surface area (Å²) in [5, 5.41) is 23.3. The van der Waals surface area contributed by atoms with Crippen LogP contribution >= 0.6 is 0 Å². The number of carbonyl (C=O) groups excluding carboxylic acids is 1. The molecule has 1 amide bonds. The summed E-state index contributed by atoms with van der Waals surface area (Å²) in [7, 11) is 0. The van der Waals surface area contributed by atoms with Crippen LogP contribution in [0.3, 0.4) is 0 Å². The zero-order valence-corrected chi connectivity index (χ0v) is 48.1. The standard InChI is InChI=1S/C66H129NO3/c1-3-5-7-9-11-13-15-17-19-21-23-25-27-29-31-32-33-34-36-37-39-41-43-45-47-49-51-53-55-57-59-61-65(69)64(63-68)67-66(70)62-60-58-56-54-52-50-48-46-44-42-40-38-35-30-28-26-24-22-20-18-16-14-12-10-8-6-4-2/h22,24,59,61,64-65,68-69H,3-21,23,25-58,60,62-63H2,1-2H3,(H,67,70)/b24-22-,61-59+. The molecule has 0 fully saturated rings. The van der Waals surface area contributed by atoms with Crippen molar-refractivity contribution in [2.45, 2.75) is 386 Å². The molecule has 416 valence electrons. The summed E-state index contributed by atoms with van der Waals surface area (Å²) >= 11 is 0. The smallest absolute Gasteiger partial charge is 0.220 e. The van der Waals surface area contributed by atoms with E-state index in [1.165, 1.54) is 327 Å². The van der Waals surface area contributed by atoms with Crippen LogP contribution in [0.5, 0.6) is 0 Å². The Morgan fingerprint density at radius 2 is 0.543 bits per heavy atom. The third kappa shape index (κ3) is 57.8. The van der Waals surface area contributed by atoms with E-state index in [1.54, 1.807) is 6.08 Å². The van der Waals surface area contributed by atoms with Crippen molar-refractivity contribution in [3.8, 4) is 0 Å². The van der Waals surface area contributed by atoms with Gasteiger partial charge in [-0.2, -0.15) is 0 Å². The van der Waals surface area contributed by atoms with Crippen molar-refractivity contribution in [2.24, 2.45) is 0 Å². The molecule has 2 unspecified atom stereocenters. The second-order valence-electron chi connectivity index (χ2n) is 22.5. The summed E-state index contributed by atoms with van der Waals surface area (Å²) in [6.45, 7) is 4.36. The lowest BCUT2D eigenvalue weighted by Crippen LogP contribution is -2.45. The van der Waals surface area contributed by atoms with E-state index >= 15 is 0 Å². The number of hydrogen-bond donors (Lipinski definition) is 3. The topological polar surface area (TPSA) is 69.6 Å². The van der Waals surface area contributed by atoms with Crippen LogP contribution in [-0.4, -0.2) is 34.9 Å². The van der Waals surface area contributed by atoms with E-state index in [2.05, 4.69) is 31.3 Å². The van der Waals surface area contributed by atoms with Gasteiger partial charge in [0.2, 0.25) is 5.91 Å². The molecule has 70 heavy (non-hydrogen) atoms. The molecular weight excluding hydrogens is 855 g/mol. The first-order chi connectivity index (χ1) is 34.7. The highest BCUT2D eigenvalue weighted by Crippen LogP contribution is 2.19. The molecule has 0 saturated heterocycles. The molecule has 4 heteroatoms. The van der Waals surface area contributed by atoms with Crippen LogP contribution in [0.25, 0.3) is 0 Å². The molecule has 0 heterocycles. The summed E-state index contributed by atoms with van der Waals surface area (Å²) in [6.07, 6.45) is 83.9. The Bertz CT molecular complexity index is 1020. The maximum atomic E-state index is 12.5. The molecule has 0 radical (unpaired) electrons. The van der Waals surface area contributed by atoms with Gasteiger partial charge in [0.25, 0.3) is 0 Å². The molecule has 0 rings (SSSR count). The fraction of sp³-hybridized carbons (Fsp3) is 0.924. The molecule has 0 bridgehead atoms. The molecule has 0 aromatic rings. The molecule has 2 atom stereocenters. The van der Waals surface area contributed by atoms with Gasteiger partial charge in [0.05, 0.1) is 18.8 Å². The monoisotopic (exact) mass is 984 g/mol. The highest BCUT2D eigenvalue weighted by Gasteiger charge is 2.18. The lowest BCUT2D eigenvalue weighted by molar-refractivity contribution is -0.123.